The molecule has 0 aliphatic carbocycles. The lowest BCUT2D eigenvalue weighted by Crippen LogP contribution is -2.20. The Morgan fingerprint density at radius 1 is 1.47 bits per heavy atom. The van der Waals surface area contributed by atoms with E-state index < -0.39 is 11.4 Å². The number of rotatable bonds is 2. The Balaban J connectivity index is 3.09. The first-order chi connectivity index (χ1) is 8.88. The molecule has 0 unspecified atom stereocenters. The van der Waals surface area contributed by atoms with Crippen molar-refractivity contribution in [2.75, 3.05) is 0 Å². The molecule has 1 N–H and O–H groups in total. The minimum absolute atomic E-state index is 0.227. The highest BCUT2D eigenvalue weighted by atomic mass is 79.9. The summed E-state index contributed by atoms with van der Waals surface area (Å²) in [4.78, 5) is 27.8. The summed E-state index contributed by atoms with van der Waals surface area (Å²) in [5.41, 5.74) is 1.30. The van der Waals surface area contributed by atoms with E-state index in [1.807, 2.05) is 13.8 Å². The van der Waals surface area contributed by atoms with E-state index in [0.29, 0.717) is 17.6 Å². The molecule has 0 saturated heterocycles. The number of fused-ring (bicyclic) bond motifs is 1. The minimum atomic E-state index is -1.22. The fourth-order valence-electron chi connectivity index (χ4n) is 2.10. The second-order valence-corrected chi connectivity index (χ2v) is 5.09. The third-order valence-electron chi connectivity index (χ3n) is 3.12. The summed E-state index contributed by atoms with van der Waals surface area (Å²) in [6.45, 7) is 6.05. The van der Waals surface area contributed by atoms with Gasteiger partial charge in [-0.1, -0.05) is 0 Å². The van der Waals surface area contributed by atoms with Gasteiger partial charge in [-0.05, 0) is 42.3 Å². The van der Waals surface area contributed by atoms with Gasteiger partial charge in [-0.15, -0.1) is 0 Å². The normalized spacial score (nSPS) is 10.9. The van der Waals surface area contributed by atoms with Crippen molar-refractivity contribution in [1.82, 2.24) is 9.55 Å². The fourth-order valence-corrected chi connectivity index (χ4v) is 2.38. The number of carbonyl (C=O) groups is 1. The number of carboxylic acid groups (broad SMARTS) is 1. The second-order valence-electron chi connectivity index (χ2n) is 4.30. The summed E-state index contributed by atoms with van der Waals surface area (Å²) in [6, 6.07) is 0. The molecule has 19 heavy (non-hydrogen) atoms. The van der Waals surface area contributed by atoms with Crippen molar-refractivity contribution in [3.8, 4) is 0 Å². The van der Waals surface area contributed by atoms with Crippen LogP contribution in [0.25, 0.3) is 11.0 Å². The van der Waals surface area contributed by atoms with Gasteiger partial charge < -0.3 is 9.67 Å². The Hall–Kier alpha value is -1.69. The van der Waals surface area contributed by atoms with Gasteiger partial charge in [0, 0.05) is 17.2 Å². The van der Waals surface area contributed by atoms with Crippen LogP contribution < -0.4 is 5.43 Å². The highest BCUT2D eigenvalue weighted by Gasteiger charge is 2.18. The molecule has 0 bridgehead atoms. The molecule has 0 radical (unpaired) electrons. The Morgan fingerprint density at radius 2 is 2.11 bits per heavy atom. The van der Waals surface area contributed by atoms with Gasteiger partial charge in [0.1, 0.15) is 11.2 Å². The van der Waals surface area contributed by atoms with Crippen molar-refractivity contribution >= 4 is 32.9 Å². The fraction of sp³-hybridized carbons (Fsp3) is 0.308. The SMILES string of the molecule is CCn1cc(C(=O)O)c(=O)c2c(C)c(Br)c(C)nc21. The summed E-state index contributed by atoms with van der Waals surface area (Å²) < 4.78 is 2.43. The third-order valence-corrected chi connectivity index (χ3v) is 4.29. The smallest absolute Gasteiger partial charge is 0.341 e. The van der Waals surface area contributed by atoms with E-state index in [0.717, 1.165) is 15.7 Å². The van der Waals surface area contributed by atoms with Crippen molar-refractivity contribution < 1.29 is 9.90 Å². The zero-order valence-electron chi connectivity index (χ0n) is 10.8. The van der Waals surface area contributed by atoms with Gasteiger partial charge in [-0.3, -0.25) is 4.79 Å². The zero-order valence-corrected chi connectivity index (χ0v) is 12.4. The van der Waals surface area contributed by atoms with Crippen LogP contribution in [-0.2, 0) is 6.54 Å². The van der Waals surface area contributed by atoms with E-state index >= 15 is 0 Å². The van der Waals surface area contributed by atoms with Crippen LogP contribution in [-0.4, -0.2) is 20.6 Å². The molecule has 0 aliphatic heterocycles. The first-order valence-electron chi connectivity index (χ1n) is 5.81. The Kier molecular flexibility index (Phi) is 3.45. The molecular formula is C13H13BrN2O3. The lowest BCUT2D eigenvalue weighted by Gasteiger charge is -2.13. The van der Waals surface area contributed by atoms with Gasteiger partial charge in [0.05, 0.1) is 11.1 Å². The maximum absolute atomic E-state index is 12.3. The molecule has 2 heterocycles. The molecule has 0 amide bonds. The summed E-state index contributed by atoms with van der Waals surface area (Å²) in [5, 5.41) is 9.47. The summed E-state index contributed by atoms with van der Waals surface area (Å²) >= 11 is 3.38. The van der Waals surface area contributed by atoms with E-state index in [-0.39, 0.29) is 5.56 Å². The molecule has 100 valence electrons. The molecule has 0 aromatic carbocycles. The lowest BCUT2D eigenvalue weighted by molar-refractivity contribution is 0.0695. The first kappa shape index (κ1) is 13.7. The maximum Gasteiger partial charge on any atom is 0.341 e. The molecule has 6 heteroatoms. The second kappa shape index (κ2) is 4.77. The van der Waals surface area contributed by atoms with Crippen molar-refractivity contribution in [3.05, 3.63) is 37.7 Å². The highest BCUT2D eigenvalue weighted by Crippen LogP contribution is 2.25. The van der Waals surface area contributed by atoms with Gasteiger partial charge in [-0.25, -0.2) is 9.78 Å². The lowest BCUT2D eigenvalue weighted by atomic mass is 10.1. The van der Waals surface area contributed by atoms with E-state index in [2.05, 4.69) is 20.9 Å². The number of carboxylic acids is 1. The summed E-state index contributed by atoms with van der Waals surface area (Å²) in [7, 11) is 0. The predicted octanol–water partition coefficient (Wildman–Crippen LogP) is 2.49. The molecule has 0 fully saturated rings. The average molecular weight is 325 g/mol. The van der Waals surface area contributed by atoms with Crippen LogP contribution in [0.3, 0.4) is 0 Å². The van der Waals surface area contributed by atoms with Crippen LogP contribution in [0.4, 0.5) is 0 Å². The molecule has 0 spiro atoms. The highest BCUT2D eigenvalue weighted by molar-refractivity contribution is 9.10. The first-order valence-corrected chi connectivity index (χ1v) is 6.60. The molecule has 2 aromatic heterocycles. The number of aromatic nitrogens is 2. The molecule has 5 nitrogen and oxygen atoms in total. The summed E-state index contributed by atoms with van der Waals surface area (Å²) in [5.74, 6) is -1.22. The Morgan fingerprint density at radius 3 is 2.63 bits per heavy atom. The van der Waals surface area contributed by atoms with Crippen molar-refractivity contribution in [1.29, 1.82) is 0 Å². The molecule has 0 atom stereocenters. The van der Waals surface area contributed by atoms with E-state index in [1.165, 1.54) is 6.20 Å². The quantitative estimate of drug-likeness (QED) is 0.921. The molecular weight excluding hydrogens is 312 g/mol. The number of nitrogens with zero attached hydrogens (tertiary/aromatic N) is 2. The number of hydrogen-bond donors (Lipinski definition) is 1. The van der Waals surface area contributed by atoms with Crippen LogP contribution in [0.5, 0.6) is 0 Å². The monoisotopic (exact) mass is 324 g/mol. The third kappa shape index (κ3) is 2.06. The van der Waals surface area contributed by atoms with E-state index in [9.17, 15) is 9.59 Å². The van der Waals surface area contributed by atoms with E-state index in [1.54, 1.807) is 11.5 Å². The van der Waals surface area contributed by atoms with Crippen LogP contribution in [0.2, 0.25) is 0 Å². The zero-order chi connectivity index (χ0) is 14.3. The molecule has 0 saturated carbocycles. The molecule has 2 aromatic rings. The predicted molar refractivity (Wildman–Crippen MR) is 75.8 cm³/mol. The van der Waals surface area contributed by atoms with Crippen LogP contribution in [0.1, 0.15) is 28.5 Å². The van der Waals surface area contributed by atoms with Gasteiger partial charge in [0.15, 0.2) is 0 Å². The number of aromatic carboxylic acids is 1. The minimum Gasteiger partial charge on any atom is -0.477 e. The van der Waals surface area contributed by atoms with Crippen molar-refractivity contribution in [2.24, 2.45) is 0 Å². The number of halogens is 1. The standard InChI is InChI=1S/C13H13BrN2O3/c1-4-16-5-8(13(18)19)11(17)9-6(2)10(14)7(3)15-12(9)16/h5H,4H2,1-3H3,(H,18,19). The van der Waals surface area contributed by atoms with E-state index in [4.69, 9.17) is 5.11 Å². The van der Waals surface area contributed by atoms with Crippen LogP contribution in [0.15, 0.2) is 15.5 Å². The average Bonchev–Trinajstić information content (AvgIpc) is 2.35. The maximum atomic E-state index is 12.3. The Bertz CT molecular complexity index is 750. The number of hydrogen-bond acceptors (Lipinski definition) is 3. The summed E-state index contributed by atoms with van der Waals surface area (Å²) in [6.07, 6.45) is 1.35. The van der Waals surface area contributed by atoms with Crippen LogP contribution in [0, 0.1) is 13.8 Å². The molecule has 0 aliphatic rings. The number of pyridine rings is 2. The largest absolute Gasteiger partial charge is 0.477 e. The van der Waals surface area contributed by atoms with Gasteiger partial charge in [0.25, 0.3) is 0 Å². The van der Waals surface area contributed by atoms with Crippen LogP contribution >= 0.6 is 15.9 Å². The Labute approximate surface area is 118 Å². The van der Waals surface area contributed by atoms with Gasteiger partial charge in [0.2, 0.25) is 5.43 Å². The molecule has 2 rings (SSSR count). The van der Waals surface area contributed by atoms with Crippen molar-refractivity contribution in [3.63, 3.8) is 0 Å². The topological polar surface area (TPSA) is 72.2 Å². The van der Waals surface area contributed by atoms with Crippen molar-refractivity contribution in [2.45, 2.75) is 27.3 Å². The number of aryl methyl sites for hydroxylation is 3. The van der Waals surface area contributed by atoms with Gasteiger partial charge in [-0.2, -0.15) is 0 Å². The van der Waals surface area contributed by atoms with Gasteiger partial charge >= 0.3 is 5.97 Å².